The minimum Gasteiger partial charge on any atom is -0.507 e. The quantitative estimate of drug-likeness (QED) is 0.138. The number of rotatable bonds is 9. The summed E-state index contributed by atoms with van der Waals surface area (Å²) in [5.74, 6) is 0.443. The Bertz CT molecular complexity index is 2510. The number of nitrogens with two attached hydrogens (primary N) is 1. The molecule has 0 unspecified atom stereocenters. The van der Waals surface area contributed by atoms with Gasteiger partial charge in [0, 0.05) is 117 Å². The summed E-state index contributed by atoms with van der Waals surface area (Å²) in [6.45, 7) is 8.91. The number of aryl methyl sites for hydroxylation is 2. The third-order valence-electron chi connectivity index (χ3n) is 13.7. The number of nitrogen functional groups attached to an aromatic ring is 1. The minimum absolute atomic E-state index is 0.0395. The van der Waals surface area contributed by atoms with E-state index in [1.807, 2.05) is 47.4 Å². The standard InChI is InChI=1S/C48H56FN9O4/c1-3-32-25-33(10-12-37(32)34-7-6-19-56(29-34)42-27-40(52-53-45(42)50)38-8-4-5-9-43(38)59)46(61)55-23-17-48(49,18-24-55)30-54-20-14-35(15-21-54)58-28-31(2)39-26-36(11-13-41(39)58)57-22-16-44(60)51-47(57)62/h4-5,8-13,25-28,34-35,59H,3,6-7,14-24,29-30H2,1-2H3,(H2,50,53)(H,51,60,62)/t34-/m0/s1. The fourth-order valence-electron chi connectivity index (χ4n) is 10.3. The second-order valence-corrected chi connectivity index (χ2v) is 17.7. The van der Waals surface area contributed by atoms with Crippen molar-refractivity contribution in [3.63, 3.8) is 0 Å². The van der Waals surface area contributed by atoms with Crippen LogP contribution in [0.4, 0.5) is 26.4 Å². The molecule has 6 heterocycles. The Hall–Kier alpha value is -6.02. The highest BCUT2D eigenvalue weighted by Crippen LogP contribution is 2.38. The first-order valence-corrected chi connectivity index (χ1v) is 22.2. The zero-order valence-electron chi connectivity index (χ0n) is 35.7. The number of piperidine rings is 3. The maximum absolute atomic E-state index is 16.5. The number of phenols is 1. The lowest BCUT2D eigenvalue weighted by Crippen LogP contribution is -2.51. The normalized spacial score (nSPS) is 20.2. The fourth-order valence-corrected chi connectivity index (χ4v) is 10.3. The van der Waals surface area contributed by atoms with Gasteiger partial charge in [-0.15, -0.1) is 10.2 Å². The number of amides is 4. The van der Waals surface area contributed by atoms with Gasteiger partial charge in [-0.1, -0.05) is 25.1 Å². The third kappa shape index (κ3) is 8.19. The molecule has 3 aromatic carbocycles. The van der Waals surface area contributed by atoms with Crippen LogP contribution < -0.4 is 20.9 Å². The number of nitrogens with one attached hydrogen (secondary N) is 1. The number of urea groups is 1. The molecule has 13 nitrogen and oxygen atoms in total. The van der Waals surface area contributed by atoms with E-state index in [0.29, 0.717) is 61.7 Å². The number of carbonyl (C=O) groups is 3. The van der Waals surface area contributed by atoms with Gasteiger partial charge in [0.25, 0.3) is 5.91 Å². The highest BCUT2D eigenvalue weighted by Gasteiger charge is 2.39. The predicted octanol–water partition coefficient (Wildman–Crippen LogP) is 7.37. The molecule has 14 heteroatoms. The largest absolute Gasteiger partial charge is 0.507 e. The van der Waals surface area contributed by atoms with Crippen molar-refractivity contribution in [2.45, 2.75) is 82.8 Å². The first-order valence-electron chi connectivity index (χ1n) is 22.2. The molecule has 5 aromatic rings. The van der Waals surface area contributed by atoms with Crippen molar-refractivity contribution in [1.29, 1.82) is 0 Å². The highest BCUT2D eigenvalue weighted by molar-refractivity contribution is 6.06. The van der Waals surface area contributed by atoms with Crippen LogP contribution in [0.2, 0.25) is 0 Å². The molecule has 4 amide bonds. The lowest BCUT2D eigenvalue weighted by molar-refractivity contribution is -0.120. The van der Waals surface area contributed by atoms with Gasteiger partial charge in [0.1, 0.15) is 11.4 Å². The van der Waals surface area contributed by atoms with Crippen LogP contribution in [0.1, 0.15) is 90.9 Å². The Labute approximate surface area is 361 Å². The average molecular weight is 842 g/mol. The molecule has 4 fully saturated rings. The number of likely N-dealkylation sites (tertiary alicyclic amines) is 2. The number of fused-ring (bicyclic) bond motifs is 1. The second-order valence-electron chi connectivity index (χ2n) is 17.7. The van der Waals surface area contributed by atoms with Gasteiger partial charge in [0.15, 0.2) is 5.82 Å². The van der Waals surface area contributed by atoms with Gasteiger partial charge in [0.2, 0.25) is 5.91 Å². The van der Waals surface area contributed by atoms with E-state index in [1.54, 1.807) is 17.0 Å². The van der Waals surface area contributed by atoms with Crippen LogP contribution in [-0.2, 0) is 11.2 Å². The molecule has 0 bridgehead atoms. The van der Waals surface area contributed by atoms with E-state index in [0.717, 1.165) is 91.7 Å². The molecule has 62 heavy (non-hydrogen) atoms. The number of hydrogen-bond acceptors (Lipinski definition) is 9. The summed E-state index contributed by atoms with van der Waals surface area (Å²) in [4.78, 5) is 46.0. The number of nitrogens with zero attached hydrogens (tertiary/aromatic N) is 7. The number of benzene rings is 3. The molecule has 4 N–H and O–H groups in total. The molecule has 0 spiro atoms. The number of aromatic hydroxyl groups is 1. The van der Waals surface area contributed by atoms with Crippen LogP contribution in [0, 0.1) is 6.92 Å². The Morgan fingerprint density at radius 2 is 1.74 bits per heavy atom. The summed E-state index contributed by atoms with van der Waals surface area (Å²) in [5.41, 5.74) is 13.1. The van der Waals surface area contributed by atoms with Gasteiger partial charge in [-0.2, -0.15) is 0 Å². The van der Waals surface area contributed by atoms with Gasteiger partial charge >= 0.3 is 6.03 Å². The zero-order chi connectivity index (χ0) is 43.1. The van der Waals surface area contributed by atoms with E-state index < -0.39 is 5.67 Å². The molecule has 0 saturated carbocycles. The smallest absolute Gasteiger partial charge is 0.328 e. The van der Waals surface area contributed by atoms with E-state index in [9.17, 15) is 19.5 Å². The van der Waals surface area contributed by atoms with Crippen LogP contribution >= 0.6 is 0 Å². The van der Waals surface area contributed by atoms with E-state index in [2.05, 4.69) is 62.1 Å². The second kappa shape index (κ2) is 17.0. The van der Waals surface area contributed by atoms with Gasteiger partial charge in [-0.25, -0.2) is 9.18 Å². The van der Waals surface area contributed by atoms with Crippen LogP contribution in [0.25, 0.3) is 22.2 Å². The molecular formula is C48H56FN9O4. The number of alkyl halides is 1. The number of imide groups is 1. The summed E-state index contributed by atoms with van der Waals surface area (Å²) in [5, 5.41) is 22.4. The Balaban J connectivity index is 0.792. The van der Waals surface area contributed by atoms with Gasteiger partial charge in [-0.3, -0.25) is 19.8 Å². The lowest BCUT2D eigenvalue weighted by Gasteiger charge is -2.41. The Kier molecular flexibility index (Phi) is 11.4. The van der Waals surface area contributed by atoms with Crippen molar-refractivity contribution < 1.29 is 23.9 Å². The Morgan fingerprint density at radius 1 is 0.952 bits per heavy atom. The maximum Gasteiger partial charge on any atom is 0.328 e. The molecule has 1 atom stereocenters. The van der Waals surface area contributed by atoms with E-state index in [-0.39, 0.29) is 42.0 Å². The molecule has 0 aliphatic carbocycles. The van der Waals surface area contributed by atoms with Crippen molar-refractivity contribution >= 4 is 45.9 Å². The monoisotopic (exact) mass is 841 g/mol. The van der Waals surface area contributed by atoms with E-state index >= 15 is 4.39 Å². The first kappa shape index (κ1) is 41.3. The van der Waals surface area contributed by atoms with Crippen LogP contribution in [0.3, 0.4) is 0 Å². The summed E-state index contributed by atoms with van der Waals surface area (Å²) >= 11 is 0. The van der Waals surface area contributed by atoms with Crippen molar-refractivity contribution in [3.05, 3.63) is 95.2 Å². The summed E-state index contributed by atoms with van der Waals surface area (Å²) in [6.07, 6.45) is 7.70. The summed E-state index contributed by atoms with van der Waals surface area (Å²) in [7, 11) is 0. The summed E-state index contributed by atoms with van der Waals surface area (Å²) < 4.78 is 18.8. The van der Waals surface area contributed by atoms with Crippen molar-refractivity contribution in [2.75, 3.05) is 67.9 Å². The Morgan fingerprint density at radius 3 is 2.50 bits per heavy atom. The number of para-hydroxylation sites is 1. The average Bonchev–Trinajstić information content (AvgIpc) is 3.61. The number of aromatic nitrogens is 3. The highest BCUT2D eigenvalue weighted by atomic mass is 19.1. The van der Waals surface area contributed by atoms with Gasteiger partial charge in [-0.05, 0) is 104 Å². The lowest BCUT2D eigenvalue weighted by atomic mass is 9.85. The van der Waals surface area contributed by atoms with Crippen molar-refractivity contribution in [3.8, 4) is 17.0 Å². The zero-order valence-corrected chi connectivity index (χ0v) is 35.7. The number of halogens is 1. The van der Waals surface area contributed by atoms with E-state index in [1.165, 1.54) is 5.56 Å². The van der Waals surface area contributed by atoms with Crippen LogP contribution in [0.5, 0.6) is 5.75 Å². The molecule has 4 aliphatic rings. The SMILES string of the molecule is CCc1cc(C(=O)N2CCC(F)(CN3CCC(n4cc(C)c5cc(N6CCC(=O)NC6=O)ccc54)CC3)CC2)ccc1[C@H]1CCCN(c2cc(-c3ccccc3O)nnc2N)C1. The number of hydrogen-bond donors (Lipinski definition) is 3. The van der Waals surface area contributed by atoms with Gasteiger partial charge < -0.3 is 30.1 Å². The van der Waals surface area contributed by atoms with Crippen LogP contribution in [-0.4, -0.2) is 106 Å². The fraction of sp³-hybridized carbons (Fsp3) is 0.438. The maximum atomic E-state index is 16.5. The minimum atomic E-state index is -1.34. The molecule has 0 radical (unpaired) electrons. The molecule has 9 rings (SSSR count). The van der Waals surface area contributed by atoms with E-state index in [4.69, 9.17) is 5.73 Å². The first-order chi connectivity index (χ1) is 30.0. The number of anilines is 3. The van der Waals surface area contributed by atoms with Crippen molar-refractivity contribution in [2.24, 2.45) is 0 Å². The predicted molar refractivity (Wildman–Crippen MR) is 239 cm³/mol. The van der Waals surface area contributed by atoms with Gasteiger partial charge in [0.05, 0.1) is 11.4 Å². The molecule has 4 saturated heterocycles. The molecule has 2 aromatic heterocycles. The molecule has 4 aliphatic heterocycles. The molecular weight excluding hydrogens is 786 g/mol. The topological polar surface area (TPSA) is 153 Å². The van der Waals surface area contributed by atoms with Crippen LogP contribution in [0.15, 0.2) is 72.9 Å². The van der Waals surface area contributed by atoms with Crippen molar-refractivity contribution in [1.82, 2.24) is 29.9 Å². The number of carbonyl (C=O) groups excluding carboxylic acids is 3. The molecule has 324 valence electrons. The third-order valence-corrected chi connectivity index (χ3v) is 13.7. The summed E-state index contributed by atoms with van der Waals surface area (Å²) in [6, 6.07) is 21.0. The number of phenolic OH excluding ortho intramolecular Hbond substituents is 1.